The van der Waals surface area contributed by atoms with Crippen molar-refractivity contribution >= 4 is 22.6 Å². The van der Waals surface area contributed by atoms with Crippen molar-refractivity contribution in [1.29, 1.82) is 0 Å². The number of hydrogen-bond acceptors (Lipinski definition) is 4. The molecule has 2 aromatic heterocycles. The van der Waals surface area contributed by atoms with Crippen LogP contribution in [-0.4, -0.2) is 4.98 Å². The minimum absolute atomic E-state index is 0.311. The maximum absolute atomic E-state index is 6.16. The summed E-state index contributed by atoms with van der Waals surface area (Å²) in [6, 6.07) is 9.35. The summed E-state index contributed by atoms with van der Waals surface area (Å²) in [6.07, 6.45) is 1.82. The van der Waals surface area contributed by atoms with Gasteiger partial charge in [0, 0.05) is 11.6 Å². The van der Waals surface area contributed by atoms with E-state index in [1.807, 2.05) is 38.2 Å². The molecule has 0 aliphatic heterocycles. The number of hydrazine groups is 1. The Bertz CT molecular complexity index is 797. The van der Waals surface area contributed by atoms with Crippen molar-refractivity contribution in [1.82, 2.24) is 10.4 Å². The van der Waals surface area contributed by atoms with E-state index in [-0.39, 0.29) is 6.04 Å². The Morgan fingerprint density at radius 1 is 1.29 bits per heavy atom. The maximum atomic E-state index is 6.16. The van der Waals surface area contributed by atoms with Gasteiger partial charge >= 0.3 is 0 Å². The first-order valence-electron chi connectivity index (χ1n) is 6.67. The van der Waals surface area contributed by atoms with Gasteiger partial charge in [-0.15, -0.1) is 0 Å². The molecule has 0 bridgehead atoms. The molecule has 0 fully saturated rings. The Kier molecular flexibility index (Phi) is 3.68. The molecule has 0 spiro atoms. The molecule has 0 saturated carbocycles. The van der Waals surface area contributed by atoms with E-state index in [1.54, 1.807) is 6.07 Å². The molecule has 1 aromatic carbocycles. The number of halogens is 1. The number of nitrogens with two attached hydrogens (primary N) is 1. The van der Waals surface area contributed by atoms with Crippen LogP contribution < -0.4 is 11.3 Å². The molecule has 0 amide bonds. The Hall–Kier alpha value is -1.88. The van der Waals surface area contributed by atoms with Crippen LogP contribution in [-0.2, 0) is 0 Å². The molecule has 0 aliphatic carbocycles. The van der Waals surface area contributed by atoms with Crippen LogP contribution >= 0.6 is 11.6 Å². The topological polar surface area (TPSA) is 64.1 Å². The number of hydrogen-bond donors (Lipinski definition) is 2. The van der Waals surface area contributed by atoms with Crippen LogP contribution in [0.15, 0.2) is 40.9 Å². The van der Waals surface area contributed by atoms with Crippen LogP contribution in [0, 0.1) is 13.8 Å². The summed E-state index contributed by atoms with van der Waals surface area (Å²) in [5.41, 5.74) is 6.46. The van der Waals surface area contributed by atoms with Crippen LogP contribution in [0.4, 0.5) is 0 Å². The first-order chi connectivity index (χ1) is 10.1. The standard InChI is InChI=1S/C16H16ClN3O/c1-9-6-10(2)14(19-8-9)15(20-18)13-7-11-4-3-5-12(17)16(11)21-13/h3-8,15,20H,18H2,1-2H3. The Morgan fingerprint density at radius 3 is 2.76 bits per heavy atom. The van der Waals surface area contributed by atoms with E-state index < -0.39 is 0 Å². The zero-order valence-electron chi connectivity index (χ0n) is 11.9. The Morgan fingerprint density at radius 2 is 2.10 bits per heavy atom. The Labute approximate surface area is 127 Å². The fraction of sp³-hybridized carbons (Fsp3) is 0.188. The van der Waals surface area contributed by atoms with Crippen molar-refractivity contribution in [3.05, 3.63) is 64.1 Å². The van der Waals surface area contributed by atoms with E-state index in [1.165, 1.54) is 0 Å². The van der Waals surface area contributed by atoms with Gasteiger partial charge in [-0.2, -0.15) is 0 Å². The monoisotopic (exact) mass is 301 g/mol. The van der Waals surface area contributed by atoms with Crippen LogP contribution in [0.1, 0.15) is 28.6 Å². The van der Waals surface area contributed by atoms with Crippen LogP contribution in [0.25, 0.3) is 11.0 Å². The largest absolute Gasteiger partial charge is 0.457 e. The highest BCUT2D eigenvalue weighted by atomic mass is 35.5. The third kappa shape index (κ3) is 2.53. The molecule has 5 heteroatoms. The number of para-hydroxylation sites is 1. The lowest BCUT2D eigenvalue weighted by Crippen LogP contribution is -2.29. The van der Waals surface area contributed by atoms with E-state index in [0.717, 1.165) is 22.2 Å². The molecule has 0 radical (unpaired) electrons. The number of nitrogens with zero attached hydrogens (tertiary/aromatic N) is 1. The first-order valence-corrected chi connectivity index (χ1v) is 7.05. The van der Waals surface area contributed by atoms with E-state index in [2.05, 4.69) is 16.5 Å². The molecule has 21 heavy (non-hydrogen) atoms. The van der Waals surface area contributed by atoms with Gasteiger partial charge in [0.1, 0.15) is 11.8 Å². The summed E-state index contributed by atoms with van der Waals surface area (Å²) < 4.78 is 5.88. The lowest BCUT2D eigenvalue weighted by molar-refractivity contribution is 0.470. The molecule has 1 atom stereocenters. The van der Waals surface area contributed by atoms with Gasteiger partial charge in [0.2, 0.25) is 0 Å². The van der Waals surface area contributed by atoms with Gasteiger partial charge in [0.15, 0.2) is 5.58 Å². The number of furan rings is 1. The normalized spacial score (nSPS) is 12.8. The van der Waals surface area contributed by atoms with Gasteiger partial charge in [-0.05, 0) is 37.1 Å². The highest BCUT2D eigenvalue weighted by Crippen LogP contribution is 2.32. The van der Waals surface area contributed by atoms with Gasteiger partial charge in [-0.1, -0.05) is 29.8 Å². The fourth-order valence-electron chi connectivity index (χ4n) is 2.51. The van der Waals surface area contributed by atoms with Gasteiger partial charge < -0.3 is 4.42 Å². The first kappa shape index (κ1) is 14.1. The molecule has 1 unspecified atom stereocenters. The highest BCUT2D eigenvalue weighted by Gasteiger charge is 2.21. The third-order valence-corrected chi connectivity index (χ3v) is 3.79. The van der Waals surface area contributed by atoms with Crippen LogP contribution in [0.2, 0.25) is 5.02 Å². The fourth-order valence-corrected chi connectivity index (χ4v) is 2.73. The quantitative estimate of drug-likeness (QED) is 0.572. The van der Waals surface area contributed by atoms with Crippen molar-refractivity contribution < 1.29 is 4.42 Å². The van der Waals surface area contributed by atoms with E-state index in [9.17, 15) is 0 Å². The summed E-state index contributed by atoms with van der Waals surface area (Å²) >= 11 is 6.16. The van der Waals surface area contributed by atoms with Gasteiger partial charge in [-0.3, -0.25) is 10.8 Å². The molecule has 0 aliphatic rings. The van der Waals surface area contributed by atoms with Crippen molar-refractivity contribution in [2.24, 2.45) is 5.84 Å². The van der Waals surface area contributed by atoms with Gasteiger partial charge in [0.05, 0.1) is 10.7 Å². The molecule has 108 valence electrons. The molecule has 4 nitrogen and oxygen atoms in total. The predicted octanol–water partition coefficient (Wildman–Crippen LogP) is 3.65. The summed E-state index contributed by atoms with van der Waals surface area (Å²) in [4.78, 5) is 4.48. The van der Waals surface area contributed by atoms with E-state index in [4.69, 9.17) is 21.9 Å². The lowest BCUT2D eigenvalue weighted by Gasteiger charge is -2.15. The second kappa shape index (κ2) is 5.48. The maximum Gasteiger partial charge on any atom is 0.152 e. The van der Waals surface area contributed by atoms with Crippen molar-refractivity contribution in [2.75, 3.05) is 0 Å². The highest BCUT2D eigenvalue weighted by molar-refractivity contribution is 6.34. The average Bonchev–Trinajstić information content (AvgIpc) is 2.87. The average molecular weight is 302 g/mol. The van der Waals surface area contributed by atoms with E-state index >= 15 is 0 Å². The zero-order valence-corrected chi connectivity index (χ0v) is 12.6. The molecular formula is C16H16ClN3O. The molecular weight excluding hydrogens is 286 g/mol. The minimum Gasteiger partial charge on any atom is -0.457 e. The number of nitrogens with one attached hydrogen (secondary N) is 1. The van der Waals surface area contributed by atoms with E-state index in [0.29, 0.717) is 16.4 Å². The van der Waals surface area contributed by atoms with Gasteiger partial charge in [-0.25, -0.2) is 5.43 Å². The molecule has 3 aromatic rings. The molecule has 0 saturated heterocycles. The second-order valence-electron chi connectivity index (χ2n) is 5.12. The molecule has 3 N–H and O–H groups in total. The molecule has 3 rings (SSSR count). The van der Waals surface area contributed by atoms with Crippen molar-refractivity contribution in [3.63, 3.8) is 0 Å². The summed E-state index contributed by atoms with van der Waals surface area (Å²) in [5, 5.41) is 1.53. The van der Waals surface area contributed by atoms with Crippen molar-refractivity contribution in [3.8, 4) is 0 Å². The van der Waals surface area contributed by atoms with Gasteiger partial charge in [0.25, 0.3) is 0 Å². The minimum atomic E-state index is -0.311. The van der Waals surface area contributed by atoms with Crippen molar-refractivity contribution in [2.45, 2.75) is 19.9 Å². The third-order valence-electron chi connectivity index (χ3n) is 3.50. The number of benzene rings is 1. The predicted molar refractivity (Wildman–Crippen MR) is 84.1 cm³/mol. The smallest absolute Gasteiger partial charge is 0.152 e. The number of fused-ring (bicyclic) bond motifs is 1. The van der Waals surface area contributed by atoms with Crippen LogP contribution in [0.5, 0.6) is 0 Å². The number of aryl methyl sites for hydroxylation is 2. The lowest BCUT2D eigenvalue weighted by atomic mass is 10.0. The zero-order chi connectivity index (χ0) is 15.0. The van der Waals surface area contributed by atoms with Crippen LogP contribution in [0.3, 0.4) is 0 Å². The summed E-state index contributed by atoms with van der Waals surface area (Å²) in [6.45, 7) is 4.02. The second-order valence-corrected chi connectivity index (χ2v) is 5.53. The summed E-state index contributed by atoms with van der Waals surface area (Å²) in [5.74, 6) is 6.42. The SMILES string of the molecule is Cc1cnc(C(NN)c2cc3cccc(Cl)c3o2)c(C)c1. The summed E-state index contributed by atoms with van der Waals surface area (Å²) in [7, 11) is 0. The molecule has 2 heterocycles. The number of rotatable bonds is 3. The number of aromatic nitrogens is 1. The number of pyridine rings is 1. The Balaban J connectivity index is 2.11.